The van der Waals surface area contributed by atoms with Crippen molar-refractivity contribution in [1.82, 2.24) is 25.6 Å². The van der Waals surface area contributed by atoms with Gasteiger partial charge in [-0.05, 0) is 25.5 Å². The van der Waals surface area contributed by atoms with E-state index in [1.165, 1.54) is 10.9 Å². The molecule has 0 aliphatic carbocycles. The molecule has 2 aromatic heterocycles. The number of hydrogen-bond donors (Lipinski definition) is 3. The van der Waals surface area contributed by atoms with Crippen molar-refractivity contribution in [1.29, 1.82) is 0 Å². The van der Waals surface area contributed by atoms with E-state index < -0.39 is 41.2 Å². The zero-order chi connectivity index (χ0) is 25.5. The van der Waals surface area contributed by atoms with Gasteiger partial charge in [0.2, 0.25) is 28.9 Å². The highest BCUT2D eigenvalue weighted by atomic mass is 19.1. The average molecular weight is 494 g/mol. The Kier molecular flexibility index (Phi) is 4.43. The van der Waals surface area contributed by atoms with Gasteiger partial charge in [0.25, 0.3) is 0 Å². The number of amides is 4. The summed E-state index contributed by atoms with van der Waals surface area (Å²) < 4.78 is 28.6. The normalized spacial score (nSPS) is 24.8. The summed E-state index contributed by atoms with van der Waals surface area (Å²) in [6.45, 7) is 10.9. The number of aromatic nitrogens is 3. The number of nitrogen functional groups attached to an aromatic ring is 1. The monoisotopic (exact) mass is 494 g/mol. The van der Waals surface area contributed by atoms with E-state index in [0.717, 1.165) is 0 Å². The minimum Gasteiger partial charge on any atom is -0.391 e. The fraction of sp³-hybridized carbons (Fsp3) is 0.364. The molecule has 2 fully saturated rings. The number of anilines is 2. The zero-order valence-electron chi connectivity index (χ0n) is 19.0. The molecule has 6 rings (SSSR count). The second kappa shape index (κ2) is 7.25. The van der Waals surface area contributed by atoms with E-state index in [2.05, 4.69) is 25.7 Å². The van der Waals surface area contributed by atoms with Gasteiger partial charge in [0, 0.05) is 19.2 Å². The minimum atomic E-state index is -1.76. The van der Waals surface area contributed by atoms with Crippen LogP contribution in [-0.2, 0) is 20.7 Å². The third-order valence-corrected chi connectivity index (χ3v) is 7.01. The second-order valence-electron chi connectivity index (χ2n) is 9.17. The first-order valence-corrected chi connectivity index (χ1v) is 11.1. The molecular formula is C22H19FN8O5. The number of rotatable bonds is 1. The number of ether oxygens (including phenoxy) is 1. The summed E-state index contributed by atoms with van der Waals surface area (Å²) in [6.07, 6.45) is 0.150. The molecule has 0 bridgehead atoms. The van der Waals surface area contributed by atoms with E-state index >= 15 is 4.39 Å². The van der Waals surface area contributed by atoms with Crippen LogP contribution in [0.2, 0.25) is 0 Å². The number of carbonyl (C=O) groups excluding carboxylic acids is 3. The van der Waals surface area contributed by atoms with E-state index in [-0.39, 0.29) is 53.0 Å². The number of halogens is 1. The van der Waals surface area contributed by atoms with Gasteiger partial charge >= 0.3 is 6.03 Å². The highest BCUT2D eigenvalue weighted by molar-refractivity contribution is 6.20. The number of nitrogens with two attached hydrogens (primary N) is 1. The number of morpholine rings is 1. The Balaban J connectivity index is 1.59. The maximum atomic E-state index is 16.1. The van der Waals surface area contributed by atoms with E-state index in [0.29, 0.717) is 5.56 Å². The number of fused-ring (bicyclic) bond motifs is 5. The lowest BCUT2D eigenvalue weighted by Gasteiger charge is -2.55. The Bertz CT molecular complexity index is 1520. The lowest BCUT2D eigenvalue weighted by molar-refractivity contribution is -0.153. The Labute approximate surface area is 202 Å². The fourth-order valence-corrected chi connectivity index (χ4v) is 5.67. The molecule has 4 amide bonds. The summed E-state index contributed by atoms with van der Waals surface area (Å²) in [5.41, 5.74) is 4.44. The smallest absolute Gasteiger partial charge is 0.328 e. The number of benzene rings is 1. The van der Waals surface area contributed by atoms with Crippen LogP contribution in [0.4, 0.5) is 26.4 Å². The number of hydrogen-bond acceptors (Lipinski definition) is 9. The number of nitrogens with zero attached hydrogens (tertiary/aromatic N) is 5. The molecule has 3 aliphatic rings. The van der Waals surface area contributed by atoms with Crippen LogP contribution in [0.3, 0.4) is 0 Å². The minimum absolute atomic E-state index is 0.0297. The van der Waals surface area contributed by atoms with Crippen molar-refractivity contribution < 1.29 is 28.0 Å². The van der Waals surface area contributed by atoms with Gasteiger partial charge in [-0.1, -0.05) is 5.16 Å². The summed E-state index contributed by atoms with van der Waals surface area (Å²) in [5, 5.41) is 12.6. The highest BCUT2D eigenvalue weighted by Gasteiger charge is 2.63. The van der Waals surface area contributed by atoms with Gasteiger partial charge < -0.3 is 19.9 Å². The van der Waals surface area contributed by atoms with Gasteiger partial charge in [0.05, 0.1) is 35.9 Å². The van der Waals surface area contributed by atoms with Gasteiger partial charge in [0.15, 0.2) is 17.1 Å². The molecule has 1 spiro atoms. The van der Waals surface area contributed by atoms with Crippen LogP contribution in [-0.4, -0.2) is 57.6 Å². The first-order chi connectivity index (χ1) is 17.1. The van der Waals surface area contributed by atoms with Crippen LogP contribution >= 0.6 is 0 Å². The number of carbonyl (C=O) groups is 3. The average Bonchev–Trinajstić information content (AvgIpc) is 3.39. The van der Waals surface area contributed by atoms with Crippen molar-refractivity contribution in [2.24, 2.45) is 5.41 Å². The first-order valence-electron chi connectivity index (χ1n) is 11.1. The highest BCUT2D eigenvalue weighted by Crippen LogP contribution is 2.49. The van der Waals surface area contributed by atoms with E-state index in [4.69, 9.17) is 21.6 Å². The third-order valence-electron chi connectivity index (χ3n) is 7.01. The van der Waals surface area contributed by atoms with E-state index in [1.807, 2.05) is 0 Å². The van der Waals surface area contributed by atoms with Crippen molar-refractivity contribution >= 4 is 46.0 Å². The van der Waals surface area contributed by atoms with Crippen LogP contribution in [0.5, 0.6) is 0 Å². The Morgan fingerprint density at radius 2 is 2.00 bits per heavy atom. The molecule has 0 radical (unpaired) electrons. The molecule has 14 heteroatoms. The number of barbiturate groups is 1. The molecule has 0 unspecified atom stereocenters. The van der Waals surface area contributed by atoms with Gasteiger partial charge in [-0.3, -0.25) is 20.2 Å². The van der Waals surface area contributed by atoms with E-state index in [1.54, 1.807) is 24.8 Å². The summed E-state index contributed by atoms with van der Waals surface area (Å²) >= 11 is 0. The molecule has 2 saturated heterocycles. The van der Waals surface area contributed by atoms with Crippen molar-refractivity contribution in [3.8, 4) is 5.82 Å². The Hall–Kier alpha value is -4.51. The Morgan fingerprint density at radius 3 is 2.67 bits per heavy atom. The number of urea groups is 1. The molecule has 3 aromatic rings. The van der Waals surface area contributed by atoms with Gasteiger partial charge in [-0.2, -0.15) is 5.10 Å². The Morgan fingerprint density at radius 1 is 1.28 bits per heavy atom. The predicted molar refractivity (Wildman–Crippen MR) is 121 cm³/mol. The molecule has 1 aromatic carbocycles. The van der Waals surface area contributed by atoms with Crippen LogP contribution in [0.15, 0.2) is 16.8 Å². The third kappa shape index (κ3) is 2.74. The van der Waals surface area contributed by atoms with Crippen LogP contribution in [0, 0.1) is 17.8 Å². The van der Waals surface area contributed by atoms with Crippen molar-refractivity contribution in [3.05, 3.63) is 35.1 Å². The lowest BCUT2D eigenvalue weighted by Crippen LogP contribution is -2.75. The van der Waals surface area contributed by atoms with Crippen LogP contribution in [0.25, 0.3) is 21.6 Å². The fourth-order valence-electron chi connectivity index (χ4n) is 5.67. The van der Waals surface area contributed by atoms with E-state index in [9.17, 15) is 14.4 Å². The summed E-state index contributed by atoms with van der Waals surface area (Å²) in [6, 6.07) is -0.231. The molecule has 0 saturated carbocycles. The summed E-state index contributed by atoms with van der Waals surface area (Å²) in [4.78, 5) is 43.4. The van der Waals surface area contributed by atoms with Gasteiger partial charge in [0.1, 0.15) is 0 Å². The van der Waals surface area contributed by atoms with Crippen molar-refractivity contribution in [2.75, 3.05) is 17.2 Å². The predicted octanol–water partition coefficient (Wildman–Crippen LogP) is 1.18. The van der Waals surface area contributed by atoms with Crippen molar-refractivity contribution in [2.45, 2.75) is 38.5 Å². The summed E-state index contributed by atoms with van der Waals surface area (Å²) in [5.74, 6) is -2.23. The molecule has 184 valence electrons. The number of nitrogens with one attached hydrogen (secondary N) is 2. The summed E-state index contributed by atoms with van der Waals surface area (Å²) in [7, 11) is 0. The quantitative estimate of drug-likeness (QED) is 0.333. The van der Waals surface area contributed by atoms with Gasteiger partial charge in [-0.25, -0.2) is 18.7 Å². The van der Waals surface area contributed by atoms with Crippen LogP contribution in [0.1, 0.15) is 19.4 Å². The largest absolute Gasteiger partial charge is 0.391 e. The SMILES string of the molecule is [C-]#[N+]c1cn(-c2noc3c(F)c4c(cc23)CC2(C(=O)NC(=O)NC2=O)[C@H]2[C@H](C)O[C@H](C)CN42)nc1N. The molecule has 4 N–H and O–H groups in total. The van der Waals surface area contributed by atoms with Crippen LogP contribution < -0.4 is 21.3 Å². The molecular weight excluding hydrogens is 475 g/mol. The standard InChI is InChI=1S/C22H19FN8O5/c1-8-6-30-14-10(5-22(16(30)9(2)35-8)19(32)26-21(34)27-20(22)33)4-11-15(13(14)23)36-29-18(11)31-7-12(25-3)17(24)28-31/h4,7-9,16H,5-6H2,1-2H3,(H2,24,28)(H2,26,27,32,33,34)/t8-,9+,16-/m1/s1. The topological polar surface area (TPSA) is 162 Å². The molecule has 36 heavy (non-hydrogen) atoms. The first kappa shape index (κ1) is 22.0. The zero-order valence-corrected chi connectivity index (χ0v) is 19.0. The maximum Gasteiger partial charge on any atom is 0.328 e. The molecule has 3 atom stereocenters. The maximum absolute atomic E-state index is 16.1. The molecule has 5 heterocycles. The lowest BCUT2D eigenvalue weighted by atomic mass is 9.66. The molecule has 3 aliphatic heterocycles. The molecule has 13 nitrogen and oxygen atoms in total. The second-order valence-corrected chi connectivity index (χ2v) is 9.17. The van der Waals surface area contributed by atoms with Crippen molar-refractivity contribution in [3.63, 3.8) is 0 Å². The number of imide groups is 2. The van der Waals surface area contributed by atoms with Gasteiger partial charge in [-0.15, -0.1) is 0 Å².